The van der Waals surface area contributed by atoms with Crippen LogP contribution in [0, 0.1) is 6.92 Å². The lowest BCUT2D eigenvalue weighted by Gasteiger charge is -2.21. The van der Waals surface area contributed by atoms with Gasteiger partial charge in [-0.3, -0.25) is 4.79 Å². The number of aliphatic hydroxyl groups is 1. The molecule has 1 aromatic heterocycles. The molecular formula is C10H14N2O2S2. The number of aromatic nitrogens is 1. The second-order valence-electron chi connectivity index (χ2n) is 3.98. The Hall–Kier alpha value is -0.590. The van der Waals surface area contributed by atoms with E-state index in [0.717, 1.165) is 17.9 Å². The molecule has 1 unspecified atom stereocenters. The molecule has 2 rings (SSSR count). The summed E-state index contributed by atoms with van der Waals surface area (Å²) in [6, 6.07) is 0. The van der Waals surface area contributed by atoms with E-state index in [9.17, 15) is 9.90 Å². The summed E-state index contributed by atoms with van der Waals surface area (Å²) in [4.78, 5) is 16.4. The molecule has 0 spiro atoms. The highest BCUT2D eigenvalue weighted by atomic mass is 32.2. The van der Waals surface area contributed by atoms with E-state index in [1.165, 1.54) is 11.3 Å². The SMILES string of the molecule is Cc1ncsc1C(=O)NCC1(O)CCSC1. The van der Waals surface area contributed by atoms with Gasteiger partial charge in [-0.15, -0.1) is 11.3 Å². The zero-order valence-electron chi connectivity index (χ0n) is 9.02. The zero-order chi connectivity index (χ0) is 11.6. The molecule has 1 fully saturated rings. The Morgan fingerprint density at radius 2 is 2.56 bits per heavy atom. The Morgan fingerprint density at radius 3 is 3.12 bits per heavy atom. The smallest absolute Gasteiger partial charge is 0.263 e. The molecule has 1 atom stereocenters. The molecule has 1 aliphatic heterocycles. The van der Waals surface area contributed by atoms with Gasteiger partial charge in [-0.1, -0.05) is 0 Å². The molecule has 6 heteroatoms. The number of nitrogens with zero attached hydrogens (tertiary/aromatic N) is 1. The van der Waals surface area contributed by atoms with Crippen molar-refractivity contribution in [3.8, 4) is 0 Å². The van der Waals surface area contributed by atoms with Crippen LogP contribution in [0.15, 0.2) is 5.51 Å². The van der Waals surface area contributed by atoms with Crippen LogP contribution in [-0.2, 0) is 0 Å². The molecule has 16 heavy (non-hydrogen) atoms. The molecule has 0 aromatic carbocycles. The van der Waals surface area contributed by atoms with E-state index >= 15 is 0 Å². The minimum absolute atomic E-state index is 0.134. The third-order valence-corrected chi connectivity index (χ3v) is 4.77. The number of rotatable bonds is 3. The number of aryl methyl sites for hydroxylation is 1. The summed E-state index contributed by atoms with van der Waals surface area (Å²) in [5.41, 5.74) is 1.68. The van der Waals surface area contributed by atoms with Crippen LogP contribution < -0.4 is 5.32 Å². The highest BCUT2D eigenvalue weighted by molar-refractivity contribution is 7.99. The van der Waals surface area contributed by atoms with Crippen molar-refractivity contribution >= 4 is 29.0 Å². The normalized spacial score (nSPS) is 24.6. The average Bonchev–Trinajstić information content (AvgIpc) is 2.85. The first kappa shape index (κ1) is 11.9. The van der Waals surface area contributed by atoms with Crippen molar-refractivity contribution in [2.75, 3.05) is 18.1 Å². The Kier molecular flexibility index (Phi) is 3.51. The van der Waals surface area contributed by atoms with Gasteiger partial charge in [0.1, 0.15) is 4.88 Å². The Labute approximate surface area is 102 Å². The van der Waals surface area contributed by atoms with Crippen LogP contribution in [0.3, 0.4) is 0 Å². The predicted molar refractivity (Wildman–Crippen MR) is 66.1 cm³/mol. The molecule has 0 saturated carbocycles. The standard InChI is InChI=1S/C10H14N2O2S2/c1-7-8(16-6-12-7)9(13)11-4-10(14)2-3-15-5-10/h6,14H,2-5H2,1H3,(H,11,13). The number of amides is 1. The maximum atomic E-state index is 11.8. The van der Waals surface area contributed by atoms with E-state index in [1.54, 1.807) is 17.3 Å². The highest BCUT2D eigenvalue weighted by Gasteiger charge is 2.32. The molecule has 4 nitrogen and oxygen atoms in total. The van der Waals surface area contributed by atoms with Crippen molar-refractivity contribution in [3.05, 3.63) is 16.1 Å². The Balaban J connectivity index is 1.91. The van der Waals surface area contributed by atoms with Gasteiger partial charge in [0.25, 0.3) is 5.91 Å². The second kappa shape index (κ2) is 4.73. The fourth-order valence-corrected chi connectivity index (χ4v) is 3.59. The van der Waals surface area contributed by atoms with Gasteiger partial charge in [0.05, 0.1) is 16.8 Å². The molecule has 1 amide bonds. The van der Waals surface area contributed by atoms with Crippen molar-refractivity contribution in [2.45, 2.75) is 18.9 Å². The van der Waals surface area contributed by atoms with Crippen LogP contribution in [-0.4, -0.2) is 39.6 Å². The topological polar surface area (TPSA) is 62.2 Å². The highest BCUT2D eigenvalue weighted by Crippen LogP contribution is 2.27. The number of nitrogens with one attached hydrogen (secondary N) is 1. The van der Waals surface area contributed by atoms with Crippen LogP contribution in [0.4, 0.5) is 0 Å². The lowest BCUT2D eigenvalue weighted by atomic mass is 10.0. The van der Waals surface area contributed by atoms with Crippen molar-refractivity contribution in [3.63, 3.8) is 0 Å². The largest absolute Gasteiger partial charge is 0.387 e. The van der Waals surface area contributed by atoms with E-state index in [0.29, 0.717) is 17.2 Å². The van der Waals surface area contributed by atoms with Crippen LogP contribution >= 0.6 is 23.1 Å². The molecular weight excluding hydrogens is 244 g/mol. The molecule has 1 saturated heterocycles. The maximum absolute atomic E-state index is 11.8. The van der Waals surface area contributed by atoms with Gasteiger partial charge >= 0.3 is 0 Å². The fourth-order valence-electron chi connectivity index (χ4n) is 1.58. The summed E-state index contributed by atoms with van der Waals surface area (Å²) >= 11 is 3.05. The fraction of sp³-hybridized carbons (Fsp3) is 0.600. The van der Waals surface area contributed by atoms with Gasteiger partial charge in [-0.25, -0.2) is 4.98 Å². The van der Waals surface area contributed by atoms with Crippen molar-refractivity contribution < 1.29 is 9.90 Å². The first-order valence-corrected chi connectivity index (χ1v) is 7.13. The summed E-state index contributed by atoms with van der Waals surface area (Å²) in [6.45, 7) is 2.14. The van der Waals surface area contributed by atoms with E-state index < -0.39 is 5.60 Å². The van der Waals surface area contributed by atoms with Crippen LogP contribution in [0.25, 0.3) is 0 Å². The minimum Gasteiger partial charge on any atom is -0.387 e. The summed E-state index contributed by atoms with van der Waals surface area (Å²) < 4.78 is 0. The lowest BCUT2D eigenvalue weighted by Crippen LogP contribution is -2.42. The lowest BCUT2D eigenvalue weighted by molar-refractivity contribution is 0.0613. The van der Waals surface area contributed by atoms with Crippen molar-refractivity contribution in [1.82, 2.24) is 10.3 Å². The summed E-state index contributed by atoms with van der Waals surface area (Å²) in [6.07, 6.45) is 0.750. The van der Waals surface area contributed by atoms with Gasteiger partial charge in [-0.2, -0.15) is 11.8 Å². The van der Waals surface area contributed by atoms with Crippen molar-refractivity contribution in [1.29, 1.82) is 0 Å². The third-order valence-electron chi connectivity index (χ3n) is 2.61. The monoisotopic (exact) mass is 258 g/mol. The number of thiazole rings is 1. The van der Waals surface area contributed by atoms with Gasteiger partial charge in [0.15, 0.2) is 0 Å². The molecule has 0 aliphatic carbocycles. The summed E-state index contributed by atoms with van der Waals surface area (Å²) in [5, 5.41) is 12.8. The molecule has 2 heterocycles. The molecule has 0 bridgehead atoms. The quantitative estimate of drug-likeness (QED) is 0.850. The Bertz CT molecular complexity index is 386. The van der Waals surface area contributed by atoms with Gasteiger partial charge in [-0.05, 0) is 19.1 Å². The van der Waals surface area contributed by atoms with Crippen LogP contribution in [0.1, 0.15) is 21.8 Å². The van der Waals surface area contributed by atoms with Crippen molar-refractivity contribution in [2.24, 2.45) is 0 Å². The minimum atomic E-state index is -0.723. The molecule has 1 aliphatic rings. The number of hydrogen-bond donors (Lipinski definition) is 2. The molecule has 2 N–H and O–H groups in total. The average molecular weight is 258 g/mol. The van der Waals surface area contributed by atoms with E-state index in [2.05, 4.69) is 10.3 Å². The summed E-state index contributed by atoms with van der Waals surface area (Å²) in [5.74, 6) is 1.53. The second-order valence-corrected chi connectivity index (χ2v) is 5.94. The maximum Gasteiger partial charge on any atom is 0.263 e. The number of thioether (sulfide) groups is 1. The number of hydrogen-bond acceptors (Lipinski definition) is 5. The first-order chi connectivity index (χ1) is 7.61. The predicted octanol–water partition coefficient (Wildman–Crippen LogP) is 1.05. The van der Waals surface area contributed by atoms with Gasteiger partial charge in [0.2, 0.25) is 0 Å². The Morgan fingerprint density at radius 1 is 1.75 bits per heavy atom. The first-order valence-electron chi connectivity index (χ1n) is 5.09. The number of carbonyl (C=O) groups is 1. The van der Waals surface area contributed by atoms with Gasteiger partial charge < -0.3 is 10.4 Å². The van der Waals surface area contributed by atoms with E-state index in [-0.39, 0.29) is 5.91 Å². The van der Waals surface area contributed by atoms with Crippen LogP contribution in [0.5, 0.6) is 0 Å². The molecule has 88 valence electrons. The zero-order valence-corrected chi connectivity index (χ0v) is 10.7. The van der Waals surface area contributed by atoms with E-state index in [1.807, 2.05) is 6.92 Å². The molecule has 1 aromatic rings. The van der Waals surface area contributed by atoms with Gasteiger partial charge in [0, 0.05) is 12.3 Å². The molecule has 0 radical (unpaired) electrons. The van der Waals surface area contributed by atoms with E-state index in [4.69, 9.17) is 0 Å². The number of carbonyl (C=O) groups excluding carboxylic acids is 1. The van der Waals surface area contributed by atoms with Crippen LogP contribution in [0.2, 0.25) is 0 Å². The summed E-state index contributed by atoms with van der Waals surface area (Å²) in [7, 11) is 0. The third kappa shape index (κ3) is 2.56.